The van der Waals surface area contributed by atoms with Gasteiger partial charge in [0, 0.05) is 13.1 Å². The first-order chi connectivity index (χ1) is 8.43. The van der Waals surface area contributed by atoms with Crippen molar-refractivity contribution in [2.45, 2.75) is 26.7 Å². The van der Waals surface area contributed by atoms with Gasteiger partial charge in [-0.05, 0) is 49.5 Å². The Morgan fingerprint density at radius 2 is 2.06 bits per heavy atom. The molecule has 0 aliphatic rings. The first-order valence-electron chi connectivity index (χ1n) is 6.56. The van der Waals surface area contributed by atoms with Gasteiger partial charge in [0.1, 0.15) is 5.82 Å². The lowest BCUT2D eigenvalue weighted by Gasteiger charge is -2.30. The lowest BCUT2D eigenvalue weighted by molar-refractivity contribution is 0.202. The Hall–Kier alpha value is -0.930. The molecular weight excluding hydrogens is 227 g/mol. The minimum absolute atomic E-state index is 0.154. The minimum Gasteiger partial charge on any atom is -0.330 e. The normalized spacial score (nSPS) is 12.1. The molecule has 0 aromatic heterocycles. The molecule has 0 fully saturated rings. The number of hydrogen-bond acceptors (Lipinski definition) is 2. The van der Waals surface area contributed by atoms with Crippen LogP contribution in [0.3, 0.4) is 0 Å². The second-order valence-corrected chi connectivity index (χ2v) is 5.82. The Labute approximate surface area is 110 Å². The summed E-state index contributed by atoms with van der Waals surface area (Å²) in [5, 5.41) is 0. The number of halogens is 1. The maximum absolute atomic E-state index is 13.0. The van der Waals surface area contributed by atoms with Gasteiger partial charge in [-0.25, -0.2) is 4.39 Å². The van der Waals surface area contributed by atoms with Gasteiger partial charge >= 0.3 is 0 Å². The highest BCUT2D eigenvalue weighted by Gasteiger charge is 2.18. The van der Waals surface area contributed by atoms with Crippen molar-refractivity contribution in [1.82, 2.24) is 4.90 Å². The third kappa shape index (κ3) is 5.61. The predicted molar refractivity (Wildman–Crippen MR) is 75.1 cm³/mol. The minimum atomic E-state index is -0.154. The second kappa shape index (κ2) is 6.86. The molecule has 0 saturated heterocycles. The fraction of sp³-hybridized carbons (Fsp3) is 0.600. The maximum Gasteiger partial charge on any atom is 0.123 e. The van der Waals surface area contributed by atoms with Crippen LogP contribution in [-0.4, -0.2) is 31.6 Å². The number of rotatable bonds is 7. The summed E-state index contributed by atoms with van der Waals surface area (Å²) in [4.78, 5) is 2.29. The van der Waals surface area contributed by atoms with Gasteiger partial charge in [-0.2, -0.15) is 0 Å². The van der Waals surface area contributed by atoms with Gasteiger partial charge in [-0.15, -0.1) is 0 Å². The van der Waals surface area contributed by atoms with Crippen LogP contribution in [0.4, 0.5) is 4.39 Å². The SMILES string of the molecule is CN(CCc1cccc(F)c1)CC(C)(C)CCN. The van der Waals surface area contributed by atoms with Crippen LogP contribution in [0, 0.1) is 11.2 Å². The average molecular weight is 252 g/mol. The largest absolute Gasteiger partial charge is 0.330 e. The highest BCUT2D eigenvalue weighted by atomic mass is 19.1. The van der Waals surface area contributed by atoms with Crippen LogP contribution in [0.2, 0.25) is 0 Å². The van der Waals surface area contributed by atoms with E-state index in [0.29, 0.717) is 0 Å². The molecule has 102 valence electrons. The van der Waals surface area contributed by atoms with E-state index in [4.69, 9.17) is 5.73 Å². The van der Waals surface area contributed by atoms with Gasteiger partial charge in [0.2, 0.25) is 0 Å². The Morgan fingerprint density at radius 3 is 2.67 bits per heavy atom. The van der Waals surface area contributed by atoms with Crippen molar-refractivity contribution >= 4 is 0 Å². The van der Waals surface area contributed by atoms with Gasteiger partial charge in [-0.1, -0.05) is 26.0 Å². The average Bonchev–Trinajstić information content (AvgIpc) is 2.25. The molecule has 0 saturated carbocycles. The lowest BCUT2D eigenvalue weighted by Crippen LogP contribution is -2.34. The van der Waals surface area contributed by atoms with E-state index in [1.165, 1.54) is 6.07 Å². The third-order valence-corrected chi connectivity index (χ3v) is 3.19. The molecular formula is C15H25FN2. The quantitative estimate of drug-likeness (QED) is 0.808. The van der Waals surface area contributed by atoms with Gasteiger partial charge < -0.3 is 10.6 Å². The molecule has 0 atom stereocenters. The van der Waals surface area contributed by atoms with Gasteiger partial charge in [0.05, 0.1) is 0 Å². The zero-order valence-electron chi connectivity index (χ0n) is 11.7. The van der Waals surface area contributed by atoms with Crippen LogP contribution >= 0.6 is 0 Å². The van der Waals surface area contributed by atoms with Gasteiger partial charge in [0.25, 0.3) is 0 Å². The highest BCUT2D eigenvalue weighted by Crippen LogP contribution is 2.20. The van der Waals surface area contributed by atoms with E-state index in [0.717, 1.165) is 38.0 Å². The number of hydrogen-bond donors (Lipinski definition) is 1. The molecule has 1 rings (SSSR count). The fourth-order valence-electron chi connectivity index (χ4n) is 2.29. The summed E-state index contributed by atoms with van der Waals surface area (Å²) in [6.07, 6.45) is 1.91. The number of likely N-dealkylation sites (N-methyl/N-ethyl adjacent to an activating group) is 1. The summed E-state index contributed by atoms with van der Waals surface area (Å²) >= 11 is 0. The van der Waals surface area contributed by atoms with E-state index >= 15 is 0 Å². The van der Waals surface area contributed by atoms with Gasteiger partial charge in [0.15, 0.2) is 0 Å². The summed E-state index contributed by atoms with van der Waals surface area (Å²) in [5.74, 6) is -0.154. The van der Waals surface area contributed by atoms with Crippen molar-refractivity contribution in [1.29, 1.82) is 0 Å². The zero-order valence-corrected chi connectivity index (χ0v) is 11.7. The van der Waals surface area contributed by atoms with E-state index in [1.807, 2.05) is 6.07 Å². The molecule has 0 unspecified atom stereocenters. The van der Waals surface area contributed by atoms with E-state index in [9.17, 15) is 4.39 Å². The first-order valence-corrected chi connectivity index (χ1v) is 6.56. The molecule has 18 heavy (non-hydrogen) atoms. The van der Waals surface area contributed by atoms with Crippen LogP contribution in [0.1, 0.15) is 25.8 Å². The Balaban J connectivity index is 2.39. The standard InChI is InChI=1S/C15H25FN2/c1-15(2,8-9-17)12-18(3)10-7-13-5-4-6-14(16)11-13/h4-6,11H,7-10,12,17H2,1-3H3. The van der Waals surface area contributed by atoms with Crippen molar-refractivity contribution in [3.05, 3.63) is 35.6 Å². The molecule has 0 amide bonds. The summed E-state index contributed by atoms with van der Waals surface area (Å²) in [5.41, 5.74) is 6.91. The van der Waals surface area contributed by atoms with Crippen molar-refractivity contribution in [3.63, 3.8) is 0 Å². The van der Waals surface area contributed by atoms with E-state index in [-0.39, 0.29) is 11.2 Å². The maximum atomic E-state index is 13.0. The number of benzene rings is 1. The first kappa shape index (κ1) is 15.1. The topological polar surface area (TPSA) is 29.3 Å². The van der Waals surface area contributed by atoms with Gasteiger partial charge in [-0.3, -0.25) is 0 Å². The number of nitrogens with zero attached hydrogens (tertiary/aromatic N) is 1. The van der Waals surface area contributed by atoms with Crippen molar-refractivity contribution < 1.29 is 4.39 Å². The summed E-state index contributed by atoms with van der Waals surface area (Å²) in [6, 6.07) is 6.83. The molecule has 0 aliphatic carbocycles. The summed E-state index contributed by atoms with van der Waals surface area (Å²) in [6.45, 7) is 7.15. The molecule has 1 aromatic carbocycles. The van der Waals surface area contributed by atoms with E-state index in [1.54, 1.807) is 12.1 Å². The van der Waals surface area contributed by atoms with Crippen LogP contribution in [0.25, 0.3) is 0 Å². The molecule has 2 N–H and O–H groups in total. The molecule has 0 radical (unpaired) electrons. The van der Waals surface area contributed by atoms with Crippen LogP contribution < -0.4 is 5.73 Å². The Bertz CT molecular complexity index is 363. The molecule has 0 aliphatic heterocycles. The monoisotopic (exact) mass is 252 g/mol. The summed E-state index contributed by atoms with van der Waals surface area (Å²) in [7, 11) is 2.11. The molecule has 0 bridgehead atoms. The molecule has 1 aromatic rings. The zero-order chi connectivity index (χ0) is 13.6. The van der Waals surface area contributed by atoms with Crippen LogP contribution in [-0.2, 0) is 6.42 Å². The van der Waals surface area contributed by atoms with Crippen molar-refractivity contribution in [3.8, 4) is 0 Å². The van der Waals surface area contributed by atoms with E-state index in [2.05, 4.69) is 25.8 Å². The number of nitrogens with two attached hydrogens (primary N) is 1. The molecule has 0 spiro atoms. The molecule has 3 heteroatoms. The third-order valence-electron chi connectivity index (χ3n) is 3.19. The Kier molecular flexibility index (Phi) is 5.76. The molecule has 2 nitrogen and oxygen atoms in total. The second-order valence-electron chi connectivity index (χ2n) is 5.82. The van der Waals surface area contributed by atoms with Crippen LogP contribution in [0.5, 0.6) is 0 Å². The fourth-order valence-corrected chi connectivity index (χ4v) is 2.29. The molecule has 0 heterocycles. The lowest BCUT2D eigenvalue weighted by atomic mass is 9.89. The smallest absolute Gasteiger partial charge is 0.123 e. The highest BCUT2D eigenvalue weighted by molar-refractivity contribution is 5.16. The van der Waals surface area contributed by atoms with Crippen molar-refractivity contribution in [2.24, 2.45) is 11.1 Å². The Morgan fingerprint density at radius 1 is 1.33 bits per heavy atom. The summed E-state index contributed by atoms with van der Waals surface area (Å²) < 4.78 is 13.0. The van der Waals surface area contributed by atoms with E-state index < -0.39 is 0 Å². The van der Waals surface area contributed by atoms with Crippen LogP contribution in [0.15, 0.2) is 24.3 Å². The predicted octanol–water partition coefficient (Wildman–Crippen LogP) is 2.68. The van der Waals surface area contributed by atoms with Crippen molar-refractivity contribution in [2.75, 3.05) is 26.7 Å².